The van der Waals surface area contributed by atoms with Crippen LogP contribution in [0.5, 0.6) is 5.75 Å². The highest BCUT2D eigenvalue weighted by molar-refractivity contribution is 7.90. The van der Waals surface area contributed by atoms with Gasteiger partial charge in [0.2, 0.25) is 0 Å². The molecule has 10 heteroatoms. The maximum absolute atomic E-state index is 12.7. The minimum atomic E-state index is -3.39. The summed E-state index contributed by atoms with van der Waals surface area (Å²) in [6.45, 7) is 7.51. The summed E-state index contributed by atoms with van der Waals surface area (Å²) in [6, 6.07) is 3.04. The van der Waals surface area contributed by atoms with Gasteiger partial charge in [-0.2, -0.15) is 0 Å². The molecule has 0 atom stereocenters. The second kappa shape index (κ2) is 9.79. The molecule has 0 saturated carbocycles. The van der Waals surface area contributed by atoms with Gasteiger partial charge in [-0.15, -0.1) is 0 Å². The number of fused-ring (bicyclic) bond motifs is 1. The molecular weight excluding hydrogens is 448 g/mol. The second-order valence-corrected chi connectivity index (χ2v) is 11.6. The number of amides is 2. The molecule has 0 spiro atoms. The van der Waals surface area contributed by atoms with E-state index >= 15 is 0 Å². The van der Waals surface area contributed by atoms with Crippen molar-refractivity contribution >= 4 is 27.7 Å². The van der Waals surface area contributed by atoms with Crippen molar-refractivity contribution in [1.29, 1.82) is 0 Å². The highest BCUT2D eigenvalue weighted by Crippen LogP contribution is 2.39. The molecular formula is C23H34N2O7S. The highest BCUT2D eigenvalue weighted by Gasteiger charge is 2.32. The number of carbonyl (C=O) groups excluding carboxylic acids is 2. The molecule has 3 rings (SSSR count). The van der Waals surface area contributed by atoms with Gasteiger partial charge in [-0.25, -0.2) is 18.0 Å². The topological polar surface area (TPSA) is 102 Å². The van der Waals surface area contributed by atoms with Gasteiger partial charge < -0.3 is 19.1 Å². The van der Waals surface area contributed by atoms with Gasteiger partial charge in [-0.05, 0) is 64.0 Å². The van der Waals surface area contributed by atoms with E-state index in [1.54, 1.807) is 11.0 Å². The van der Waals surface area contributed by atoms with Crippen LogP contribution in [0.4, 0.5) is 15.3 Å². The number of hydrogen-bond acceptors (Lipinski definition) is 7. The first-order valence-corrected chi connectivity index (χ1v) is 13.1. The summed E-state index contributed by atoms with van der Waals surface area (Å²) >= 11 is 0. The predicted molar refractivity (Wildman–Crippen MR) is 124 cm³/mol. The Bertz CT molecular complexity index is 993. The first kappa shape index (κ1) is 25.1. The van der Waals surface area contributed by atoms with Gasteiger partial charge in [0.05, 0.1) is 24.3 Å². The average Bonchev–Trinajstić information content (AvgIpc) is 3.16. The van der Waals surface area contributed by atoms with Gasteiger partial charge in [0, 0.05) is 32.0 Å². The van der Waals surface area contributed by atoms with Crippen molar-refractivity contribution in [3.05, 3.63) is 17.7 Å². The van der Waals surface area contributed by atoms with Crippen molar-refractivity contribution in [2.45, 2.75) is 57.0 Å². The second-order valence-electron chi connectivity index (χ2n) is 9.62. The van der Waals surface area contributed by atoms with E-state index in [2.05, 4.69) is 0 Å². The third-order valence-corrected chi connectivity index (χ3v) is 6.98. The minimum Gasteiger partial charge on any atom is -0.495 e. The number of nitrogens with zero attached hydrogens (tertiary/aromatic N) is 2. The van der Waals surface area contributed by atoms with Crippen LogP contribution in [-0.4, -0.2) is 70.7 Å². The molecule has 1 fully saturated rings. The van der Waals surface area contributed by atoms with E-state index in [-0.39, 0.29) is 17.6 Å². The number of anilines is 1. The molecule has 2 aliphatic heterocycles. The van der Waals surface area contributed by atoms with Crippen LogP contribution in [0.2, 0.25) is 0 Å². The third kappa shape index (κ3) is 6.31. The monoisotopic (exact) mass is 482 g/mol. The van der Waals surface area contributed by atoms with E-state index in [1.807, 2.05) is 20.8 Å². The summed E-state index contributed by atoms with van der Waals surface area (Å²) in [6.07, 6.45) is 3.33. The molecule has 0 bridgehead atoms. The lowest BCUT2D eigenvalue weighted by Gasteiger charge is -2.33. The molecule has 184 valence electrons. The van der Waals surface area contributed by atoms with Crippen molar-refractivity contribution in [2.24, 2.45) is 5.92 Å². The molecule has 33 heavy (non-hydrogen) atoms. The summed E-state index contributed by atoms with van der Waals surface area (Å²) < 4.78 is 40.2. The zero-order chi connectivity index (χ0) is 24.4. The van der Waals surface area contributed by atoms with Gasteiger partial charge in [0.25, 0.3) is 0 Å². The van der Waals surface area contributed by atoms with Gasteiger partial charge in [-0.1, -0.05) is 0 Å². The van der Waals surface area contributed by atoms with Crippen molar-refractivity contribution in [3.8, 4) is 5.75 Å². The molecule has 1 aromatic carbocycles. The van der Waals surface area contributed by atoms with Crippen molar-refractivity contribution < 1.29 is 32.2 Å². The smallest absolute Gasteiger partial charge is 0.414 e. The molecule has 9 nitrogen and oxygen atoms in total. The minimum absolute atomic E-state index is 0.172. The van der Waals surface area contributed by atoms with Crippen molar-refractivity contribution in [3.63, 3.8) is 0 Å². The lowest BCUT2D eigenvalue weighted by Crippen LogP contribution is -2.42. The first-order valence-electron chi connectivity index (χ1n) is 11.2. The number of hydrogen-bond donors (Lipinski definition) is 0. The Kier molecular flexibility index (Phi) is 7.45. The Morgan fingerprint density at radius 2 is 1.76 bits per heavy atom. The van der Waals surface area contributed by atoms with Gasteiger partial charge in [0.15, 0.2) is 9.84 Å². The van der Waals surface area contributed by atoms with Crippen molar-refractivity contribution in [1.82, 2.24) is 4.90 Å². The molecule has 0 unspecified atom stereocenters. The van der Waals surface area contributed by atoms with E-state index in [4.69, 9.17) is 14.2 Å². The van der Waals surface area contributed by atoms with E-state index in [1.165, 1.54) is 18.1 Å². The normalized spacial score (nSPS) is 17.0. The lowest BCUT2D eigenvalue weighted by atomic mass is 9.94. The highest BCUT2D eigenvalue weighted by atomic mass is 32.2. The molecule has 0 radical (unpaired) electrons. The quantitative estimate of drug-likeness (QED) is 0.631. The Labute approximate surface area is 195 Å². The van der Waals surface area contributed by atoms with Crippen LogP contribution in [-0.2, 0) is 25.7 Å². The fourth-order valence-electron chi connectivity index (χ4n) is 4.15. The zero-order valence-corrected chi connectivity index (χ0v) is 20.9. The lowest BCUT2D eigenvalue weighted by molar-refractivity contribution is 0.0175. The number of piperidine rings is 1. The molecule has 0 aliphatic carbocycles. The SMILES string of the molecule is COc1cc(S(C)(=O)=O)cc2c1N(C(=O)OCCC1CCN(C(=O)OC(C)(C)C)CC1)CC2. The number of sulfone groups is 1. The number of carbonyl (C=O) groups is 2. The Morgan fingerprint density at radius 3 is 2.33 bits per heavy atom. The predicted octanol–water partition coefficient (Wildman–Crippen LogP) is 3.64. The molecule has 0 N–H and O–H groups in total. The van der Waals surface area contributed by atoms with Gasteiger partial charge in [-0.3, -0.25) is 4.90 Å². The zero-order valence-electron chi connectivity index (χ0n) is 20.0. The molecule has 1 aromatic rings. The Balaban J connectivity index is 1.51. The average molecular weight is 483 g/mol. The maximum atomic E-state index is 12.7. The summed E-state index contributed by atoms with van der Waals surface area (Å²) in [7, 11) is -1.94. The number of likely N-dealkylation sites (tertiary alicyclic amines) is 1. The molecule has 1 saturated heterocycles. The number of ether oxygens (including phenoxy) is 3. The summed E-state index contributed by atoms with van der Waals surface area (Å²) in [5.74, 6) is 0.714. The molecule has 2 amide bonds. The number of rotatable bonds is 5. The van der Waals surface area contributed by atoms with Crippen LogP contribution < -0.4 is 9.64 Å². The Morgan fingerprint density at radius 1 is 1.09 bits per heavy atom. The number of methoxy groups -OCH3 is 1. The molecule has 2 aliphatic rings. The van der Waals surface area contributed by atoms with Gasteiger partial charge in [0.1, 0.15) is 11.4 Å². The van der Waals surface area contributed by atoms with E-state index in [9.17, 15) is 18.0 Å². The van der Waals surface area contributed by atoms with Crippen LogP contribution in [0.1, 0.15) is 45.6 Å². The van der Waals surface area contributed by atoms with Crippen LogP contribution in [0.3, 0.4) is 0 Å². The van der Waals surface area contributed by atoms with Crippen LogP contribution in [0.25, 0.3) is 0 Å². The summed E-state index contributed by atoms with van der Waals surface area (Å²) in [5.41, 5.74) is 0.813. The fourth-order valence-corrected chi connectivity index (χ4v) is 4.83. The summed E-state index contributed by atoms with van der Waals surface area (Å²) in [4.78, 5) is 28.3. The fraction of sp³-hybridized carbons (Fsp3) is 0.652. The maximum Gasteiger partial charge on any atom is 0.414 e. The van der Waals surface area contributed by atoms with Gasteiger partial charge >= 0.3 is 12.2 Å². The van der Waals surface area contributed by atoms with E-state index in [0.717, 1.165) is 31.1 Å². The van der Waals surface area contributed by atoms with E-state index < -0.39 is 21.5 Å². The third-order valence-electron chi connectivity index (χ3n) is 5.89. The van der Waals surface area contributed by atoms with E-state index in [0.29, 0.717) is 43.4 Å². The van der Waals surface area contributed by atoms with Crippen LogP contribution in [0.15, 0.2) is 17.0 Å². The Hall–Kier alpha value is -2.49. The van der Waals surface area contributed by atoms with Crippen LogP contribution >= 0.6 is 0 Å². The molecule has 0 aromatic heterocycles. The first-order chi connectivity index (χ1) is 15.4. The standard InChI is InChI=1S/C23H34N2O7S/c1-23(2,3)32-21(26)24-10-6-16(7-11-24)9-13-31-22(27)25-12-8-17-14-18(33(5,28)29)15-19(30-4)20(17)25/h14-16H,6-13H2,1-5H3. The summed E-state index contributed by atoms with van der Waals surface area (Å²) in [5, 5.41) is 0. The molecule has 2 heterocycles. The largest absolute Gasteiger partial charge is 0.495 e. The van der Waals surface area contributed by atoms with Crippen molar-refractivity contribution in [2.75, 3.05) is 44.5 Å². The van der Waals surface area contributed by atoms with Crippen LogP contribution in [0, 0.1) is 5.92 Å². The number of benzene rings is 1.